The molecule has 1 fully saturated rings. The first-order valence-electron chi connectivity index (χ1n) is 6.88. The van der Waals surface area contributed by atoms with Gasteiger partial charge in [-0.3, -0.25) is 10.2 Å². The molecule has 2 heterocycles. The summed E-state index contributed by atoms with van der Waals surface area (Å²) < 4.78 is 0. The zero-order chi connectivity index (χ0) is 13.7. The molecule has 0 unspecified atom stereocenters. The number of carbonyl (C=O) groups is 1. The molecule has 0 bridgehead atoms. The second-order valence-corrected chi connectivity index (χ2v) is 5.24. The Morgan fingerprint density at radius 3 is 3.00 bits per heavy atom. The molecule has 1 saturated heterocycles. The monoisotopic (exact) mass is 262 g/mol. The summed E-state index contributed by atoms with van der Waals surface area (Å²) in [5.41, 5.74) is 0. The van der Waals surface area contributed by atoms with Crippen LogP contribution in [-0.4, -0.2) is 41.1 Å². The molecular weight excluding hydrogens is 240 g/mol. The van der Waals surface area contributed by atoms with Crippen molar-refractivity contribution in [2.24, 2.45) is 0 Å². The molecule has 5 nitrogen and oxygen atoms in total. The number of urea groups is 1. The highest BCUT2D eigenvalue weighted by molar-refractivity contribution is 5.88. The summed E-state index contributed by atoms with van der Waals surface area (Å²) in [5.74, 6) is 0.580. The highest BCUT2D eigenvalue weighted by atomic mass is 16.2. The van der Waals surface area contributed by atoms with E-state index < -0.39 is 0 Å². The van der Waals surface area contributed by atoms with Gasteiger partial charge in [-0.25, -0.2) is 9.78 Å². The number of hydrogen-bond donors (Lipinski definition) is 2. The number of nitrogens with zero attached hydrogens (tertiary/aromatic N) is 2. The highest BCUT2D eigenvalue weighted by Gasteiger charge is 2.22. The third-order valence-electron chi connectivity index (χ3n) is 3.42. The molecule has 5 heteroatoms. The van der Waals surface area contributed by atoms with E-state index in [4.69, 9.17) is 0 Å². The van der Waals surface area contributed by atoms with Gasteiger partial charge in [0.05, 0.1) is 0 Å². The number of pyridine rings is 1. The lowest BCUT2D eigenvalue weighted by Gasteiger charge is -2.35. The maximum Gasteiger partial charge on any atom is 0.320 e. The third kappa shape index (κ3) is 4.21. The van der Waals surface area contributed by atoms with Crippen LogP contribution in [0.2, 0.25) is 0 Å². The fraction of sp³-hybridized carbons (Fsp3) is 0.571. The van der Waals surface area contributed by atoms with Crippen LogP contribution in [0.5, 0.6) is 0 Å². The van der Waals surface area contributed by atoms with Gasteiger partial charge in [-0.05, 0) is 45.4 Å². The molecule has 1 aliphatic rings. The first-order valence-corrected chi connectivity index (χ1v) is 6.88. The maximum absolute atomic E-state index is 11.9. The van der Waals surface area contributed by atoms with Crippen LogP contribution >= 0.6 is 0 Å². The van der Waals surface area contributed by atoms with Crippen molar-refractivity contribution in [3.05, 3.63) is 24.4 Å². The fourth-order valence-electron chi connectivity index (χ4n) is 2.37. The molecule has 0 radical (unpaired) electrons. The fourth-order valence-corrected chi connectivity index (χ4v) is 2.37. The number of piperidine rings is 1. The summed E-state index contributed by atoms with van der Waals surface area (Å²) in [6.45, 7) is 6.43. The van der Waals surface area contributed by atoms with Crippen molar-refractivity contribution in [3.8, 4) is 0 Å². The van der Waals surface area contributed by atoms with Crippen LogP contribution in [0, 0.1) is 0 Å². The van der Waals surface area contributed by atoms with Crippen LogP contribution in [0.3, 0.4) is 0 Å². The number of aromatic nitrogens is 1. The number of likely N-dealkylation sites (tertiary alicyclic amines) is 1. The smallest absolute Gasteiger partial charge is 0.320 e. The van der Waals surface area contributed by atoms with Gasteiger partial charge in [0.25, 0.3) is 0 Å². The van der Waals surface area contributed by atoms with E-state index >= 15 is 0 Å². The lowest BCUT2D eigenvalue weighted by Crippen LogP contribution is -2.50. The summed E-state index contributed by atoms with van der Waals surface area (Å²) in [6.07, 6.45) is 3.84. The Bertz CT molecular complexity index is 407. The van der Waals surface area contributed by atoms with E-state index in [-0.39, 0.29) is 12.1 Å². The average molecular weight is 262 g/mol. The molecule has 0 aromatic carbocycles. The van der Waals surface area contributed by atoms with Gasteiger partial charge in [-0.15, -0.1) is 0 Å². The molecule has 1 atom stereocenters. The molecule has 1 aromatic heterocycles. The topological polar surface area (TPSA) is 57.3 Å². The van der Waals surface area contributed by atoms with Crippen molar-refractivity contribution in [3.63, 3.8) is 0 Å². The van der Waals surface area contributed by atoms with Crippen LogP contribution in [0.15, 0.2) is 24.4 Å². The van der Waals surface area contributed by atoms with E-state index in [1.54, 1.807) is 12.3 Å². The van der Waals surface area contributed by atoms with Crippen LogP contribution in [0.1, 0.15) is 26.7 Å². The van der Waals surface area contributed by atoms with Crippen molar-refractivity contribution < 1.29 is 4.79 Å². The van der Waals surface area contributed by atoms with Gasteiger partial charge < -0.3 is 5.32 Å². The van der Waals surface area contributed by atoms with Gasteiger partial charge in [0.15, 0.2) is 0 Å². The second-order valence-electron chi connectivity index (χ2n) is 5.24. The zero-order valence-electron chi connectivity index (χ0n) is 11.6. The van der Waals surface area contributed by atoms with Gasteiger partial charge in [-0.2, -0.15) is 0 Å². The van der Waals surface area contributed by atoms with Crippen molar-refractivity contribution in [2.75, 3.05) is 18.4 Å². The van der Waals surface area contributed by atoms with Gasteiger partial charge in [0.2, 0.25) is 0 Å². The molecule has 104 valence electrons. The first-order chi connectivity index (χ1) is 9.15. The van der Waals surface area contributed by atoms with Crippen molar-refractivity contribution in [1.82, 2.24) is 15.2 Å². The van der Waals surface area contributed by atoms with Crippen molar-refractivity contribution >= 4 is 11.8 Å². The molecule has 19 heavy (non-hydrogen) atoms. The van der Waals surface area contributed by atoms with Crippen LogP contribution in [0.25, 0.3) is 0 Å². The summed E-state index contributed by atoms with van der Waals surface area (Å²) in [4.78, 5) is 18.3. The molecule has 1 aliphatic heterocycles. The van der Waals surface area contributed by atoms with E-state index in [0.717, 1.165) is 25.9 Å². The largest absolute Gasteiger partial charge is 0.334 e. The Hall–Kier alpha value is -1.62. The molecular formula is C14H22N4O. The van der Waals surface area contributed by atoms with Gasteiger partial charge in [0, 0.05) is 24.8 Å². The molecule has 0 aliphatic carbocycles. The van der Waals surface area contributed by atoms with Crippen molar-refractivity contribution in [2.45, 2.75) is 38.8 Å². The number of nitrogens with one attached hydrogen (secondary N) is 2. The van der Waals surface area contributed by atoms with Crippen molar-refractivity contribution in [1.29, 1.82) is 0 Å². The number of hydrogen-bond acceptors (Lipinski definition) is 3. The summed E-state index contributed by atoms with van der Waals surface area (Å²) in [7, 11) is 0. The minimum Gasteiger partial charge on any atom is -0.334 e. The normalized spacial score (nSPS) is 20.3. The zero-order valence-corrected chi connectivity index (χ0v) is 11.6. The van der Waals surface area contributed by atoms with Crippen LogP contribution in [-0.2, 0) is 0 Å². The molecule has 1 aromatic rings. The standard InChI is InChI=1S/C14H22N4O/c1-11(2)18-9-5-6-12(10-18)16-14(19)17-13-7-3-4-8-15-13/h3-4,7-8,11-12H,5-6,9-10H2,1-2H3,(H2,15,16,17,19)/t12-/m1/s1. The second kappa shape index (κ2) is 6.52. The predicted octanol–water partition coefficient (Wildman–Crippen LogP) is 2.08. The minimum absolute atomic E-state index is 0.172. The van der Waals surface area contributed by atoms with E-state index in [2.05, 4.69) is 34.4 Å². The summed E-state index contributed by atoms with van der Waals surface area (Å²) in [6, 6.07) is 6.03. The van der Waals surface area contributed by atoms with E-state index in [0.29, 0.717) is 11.9 Å². The Kier molecular flexibility index (Phi) is 4.74. The van der Waals surface area contributed by atoms with Crippen LogP contribution in [0.4, 0.5) is 10.6 Å². The van der Waals surface area contributed by atoms with Gasteiger partial charge in [0.1, 0.15) is 5.82 Å². The van der Waals surface area contributed by atoms with E-state index in [1.807, 2.05) is 12.1 Å². The summed E-state index contributed by atoms with van der Waals surface area (Å²) in [5, 5.41) is 5.77. The Morgan fingerprint density at radius 2 is 2.32 bits per heavy atom. The molecule has 2 amide bonds. The quantitative estimate of drug-likeness (QED) is 0.877. The number of amides is 2. The summed E-state index contributed by atoms with van der Waals surface area (Å²) >= 11 is 0. The number of anilines is 1. The lowest BCUT2D eigenvalue weighted by molar-refractivity contribution is 0.156. The Morgan fingerprint density at radius 1 is 1.47 bits per heavy atom. The molecule has 0 saturated carbocycles. The lowest BCUT2D eigenvalue weighted by atomic mass is 10.0. The third-order valence-corrected chi connectivity index (χ3v) is 3.42. The Balaban J connectivity index is 1.82. The van der Waals surface area contributed by atoms with Gasteiger partial charge in [-0.1, -0.05) is 6.07 Å². The average Bonchev–Trinajstić information content (AvgIpc) is 2.40. The Labute approximate surface area is 114 Å². The SMILES string of the molecule is CC(C)N1CCC[C@@H](NC(=O)Nc2ccccn2)C1. The van der Waals surface area contributed by atoms with Crippen LogP contribution < -0.4 is 10.6 Å². The first kappa shape index (κ1) is 13.8. The van der Waals surface area contributed by atoms with E-state index in [1.165, 1.54) is 0 Å². The van der Waals surface area contributed by atoms with Gasteiger partial charge >= 0.3 is 6.03 Å². The van der Waals surface area contributed by atoms with E-state index in [9.17, 15) is 4.79 Å². The predicted molar refractivity (Wildman–Crippen MR) is 76.1 cm³/mol. The maximum atomic E-state index is 11.9. The molecule has 2 rings (SSSR count). The molecule has 0 spiro atoms. The highest BCUT2D eigenvalue weighted by Crippen LogP contribution is 2.13. The number of carbonyl (C=O) groups excluding carboxylic acids is 1. The minimum atomic E-state index is -0.172. The molecule has 2 N–H and O–H groups in total. The number of rotatable bonds is 3.